The summed E-state index contributed by atoms with van der Waals surface area (Å²) >= 11 is 0. The Morgan fingerprint density at radius 3 is 2.15 bits per heavy atom. The SMILES string of the molecule is CN=C(NCCCNC(=O)c1ccccc1)NCC(C)c1ccccc1.I. The molecule has 0 aliphatic rings. The van der Waals surface area contributed by atoms with Crippen molar-refractivity contribution in [3.63, 3.8) is 0 Å². The van der Waals surface area contributed by atoms with Crippen LogP contribution in [0.15, 0.2) is 65.7 Å². The Hall–Kier alpha value is -2.09. The number of halogens is 1. The Kier molecular flexibility index (Phi) is 11.2. The molecule has 3 N–H and O–H groups in total. The first-order chi connectivity index (χ1) is 12.7. The summed E-state index contributed by atoms with van der Waals surface area (Å²) in [6.07, 6.45) is 0.827. The van der Waals surface area contributed by atoms with Crippen LogP contribution < -0.4 is 16.0 Å². The van der Waals surface area contributed by atoms with E-state index in [1.165, 1.54) is 5.56 Å². The Labute approximate surface area is 179 Å². The molecule has 2 rings (SSSR count). The second kappa shape index (κ2) is 13.1. The lowest BCUT2D eigenvalue weighted by molar-refractivity contribution is 0.0953. The van der Waals surface area contributed by atoms with Crippen LogP contribution in [-0.2, 0) is 0 Å². The van der Waals surface area contributed by atoms with Crippen molar-refractivity contribution in [1.29, 1.82) is 0 Å². The van der Waals surface area contributed by atoms with Gasteiger partial charge in [-0.05, 0) is 30.0 Å². The van der Waals surface area contributed by atoms with E-state index in [0.29, 0.717) is 18.0 Å². The fraction of sp³-hybridized carbons (Fsp3) is 0.333. The zero-order chi connectivity index (χ0) is 18.6. The molecule has 1 atom stereocenters. The molecule has 146 valence electrons. The predicted molar refractivity (Wildman–Crippen MR) is 123 cm³/mol. The van der Waals surface area contributed by atoms with Crippen molar-refractivity contribution in [2.45, 2.75) is 19.3 Å². The van der Waals surface area contributed by atoms with Gasteiger partial charge in [-0.3, -0.25) is 9.79 Å². The molecule has 0 radical (unpaired) electrons. The van der Waals surface area contributed by atoms with Crippen molar-refractivity contribution in [3.05, 3.63) is 71.8 Å². The van der Waals surface area contributed by atoms with Crippen molar-refractivity contribution >= 4 is 35.8 Å². The Morgan fingerprint density at radius 2 is 1.52 bits per heavy atom. The van der Waals surface area contributed by atoms with Gasteiger partial charge in [0.25, 0.3) is 5.91 Å². The topological polar surface area (TPSA) is 65.5 Å². The van der Waals surface area contributed by atoms with Gasteiger partial charge < -0.3 is 16.0 Å². The zero-order valence-electron chi connectivity index (χ0n) is 15.9. The molecule has 2 aromatic rings. The van der Waals surface area contributed by atoms with Crippen LogP contribution >= 0.6 is 24.0 Å². The maximum absolute atomic E-state index is 11.9. The Morgan fingerprint density at radius 1 is 0.926 bits per heavy atom. The summed E-state index contributed by atoms with van der Waals surface area (Å²) < 4.78 is 0. The van der Waals surface area contributed by atoms with Crippen LogP contribution in [0.5, 0.6) is 0 Å². The van der Waals surface area contributed by atoms with E-state index in [-0.39, 0.29) is 29.9 Å². The molecule has 0 fully saturated rings. The molecule has 27 heavy (non-hydrogen) atoms. The maximum Gasteiger partial charge on any atom is 0.251 e. The van der Waals surface area contributed by atoms with Crippen LogP contribution in [-0.4, -0.2) is 38.5 Å². The fourth-order valence-corrected chi connectivity index (χ4v) is 2.56. The standard InChI is InChI=1S/C21H28N4O.HI/c1-17(18-10-5-3-6-11-18)16-25-21(22-2)24-15-9-14-23-20(26)19-12-7-4-8-13-19;/h3-8,10-13,17H,9,14-16H2,1-2H3,(H,23,26)(H2,22,24,25);1H. The number of rotatable bonds is 8. The van der Waals surface area contributed by atoms with Crippen molar-refractivity contribution in [2.24, 2.45) is 4.99 Å². The summed E-state index contributed by atoms with van der Waals surface area (Å²) in [4.78, 5) is 16.2. The van der Waals surface area contributed by atoms with Crippen LogP contribution in [0, 0.1) is 0 Å². The number of carbonyl (C=O) groups excluding carboxylic acids is 1. The van der Waals surface area contributed by atoms with Gasteiger partial charge in [-0.25, -0.2) is 0 Å². The summed E-state index contributed by atoms with van der Waals surface area (Å²) in [5.41, 5.74) is 1.99. The third-order valence-corrected chi connectivity index (χ3v) is 4.14. The van der Waals surface area contributed by atoms with Gasteiger partial charge in [0, 0.05) is 32.2 Å². The van der Waals surface area contributed by atoms with Crippen LogP contribution in [0.25, 0.3) is 0 Å². The monoisotopic (exact) mass is 480 g/mol. The molecule has 6 heteroatoms. The van der Waals surface area contributed by atoms with Crippen molar-refractivity contribution in [3.8, 4) is 0 Å². The van der Waals surface area contributed by atoms with E-state index in [0.717, 1.165) is 25.5 Å². The van der Waals surface area contributed by atoms with Gasteiger partial charge in [-0.1, -0.05) is 55.5 Å². The maximum atomic E-state index is 11.9. The summed E-state index contributed by atoms with van der Waals surface area (Å²) in [5.74, 6) is 1.15. The molecule has 0 saturated heterocycles. The van der Waals surface area contributed by atoms with Gasteiger partial charge >= 0.3 is 0 Å². The van der Waals surface area contributed by atoms with E-state index >= 15 is 0 Å². The Balaban J connectivity index is 0.00000364. The first-order valence-corrected chi connectivity index (χ1v) is 9.03. The van der Waals surface area contributed by atoms with E-state index in [1.54, 1.807) is 7.05 Å². The molecule has 0 bridgehead atoms. The number of benzene rings is 2. The third kappa shape index (κ3) is 8.43. The number of amides is 1. The number of hydrogen-bond donors (Lipinski definition) is 3. The van der Waals surface area contributed by atoms with E-state index in [4.69, 9.17) is 0 Å². The highest BCUT2D eigenvalue weighted by Crippen LogP contribution is 2.12. The summed E-state index contributed by atoms with van der Waals surface area (Å²) in [7, 11) is 1.76. The molecule has 1 unspecified atom stereocenters. The summed E-state index contributed by atoms with van der Waals surface area (Å²) in [5, 5.41) is 9.55. The number of nitrogens with zero attached hydrogens (tertiary/aromatic N) is 1. The van der Waals surface area contributed by atoms with Gasteiger partial charge in [-0.2, -0.15) is 0 Å². The highest BCUT2D eigenvalue weighted by molar-refractivity contribution is 14.0. The normalized spacial score (nSPS) is 11.9. The van der Waals surface area contributed by atoms with Crippen LogP contribution in [0.1, 0.15) is 35.2 Å². The summed E-state index contributed by atoms with van der Waals surface area (Å²) in [6.45, 7) is 4.37. The predicted octanol–water partition coefficient (Wildman–Crippen LogP) is 3.39. The molecule has 2 aromatic carbocycles. The summed E-state index contributed by atoms with van der Waals surface area (Å²) in [6, 6.07) is 19.7. The lowest BCUT2D eigenvalue weighted by Gasteiger charge is -2.16. The molecule has 0 saturated carbocycles. The second-order valence-electron chi connectivity index (χ2n) is 6.17. The molecular formula is C21H29IN4O. The van der Waals surface area contributed by atoms with E-state index < -0.39 is 0 Å². The average molecular weight is 480 g/mol. The van der Waals surface area contributed by atoms with Crippen LogP contribution in [0.4, 0.5) is 0 Å². The minimum absolute atomic E-state index is 0. The largest absolute Gasteiger partial charge is 0.356 e. The molecule has 0 spiro atoms. The molecular weight excluding hydrogens is 451 g/mol. The van der Waals surface area contributed by atoms with Crippen LogP contribution in [0.3, 0.4) is 0 Å². The molecule has 0 aromatic heterocycles. The fourth-order valence-electron chi connectivity index (χ4n) is 2.56. The van der Waals surface area contributed by atoms with Crippen molar-refractivity contribution < 1.29 is 4.79 Å². The molecule has 5 nitrogen and oxygen atoms in total. The molecule has 0 heterocycles. The number of hydrogen-bond acceptors (Lipinski definition) is 2. The lowest BCUT2D eigenvalue weighted by atomic mass is 10.0. The van der Waals surface area contributed by atoms with Crippen LogP contribution in [0.2, 0.25) is 0 Å². The van der Waals surface area contributed by atoms with Gasteiger partial charge in [0.2, 0.25) is 0 Å². The number of nitrogens with one attached hydrogen (secondary N) is 3. The molecule has 0 aliphatic carbocycles. The first-order valence-electron chi connectivity index (χ1n) is 9.03. The third-order valence-electron chi connectivity index (χ3n) is 4.14. The molecule has 1 amide bonds. The lowest BCUT2D eigenvalue weighted by Crippen LogP contribution is -2.40. The smallest absolute Gasteiger partial charge is 0.251 e. The quantitative estimate of drug-likeness (QED) is 0.235. The van der Waals surface area contributed by atoms with Gasteiger partial charge in [0.1, 0.15) is 0 Å². The van der Waals surface area contributed by atoms with Gasteiger partial charge in [0.15, 0.2) is 5.96 Å². The average Bonchev–Trinajstić information content (AvgIpc) is 2.71. The second-order valence-corrected chi connectivity index (χ2v) is 6.17. The van der Waals surface area contributed by atoms with Gasteiger partial charge in [0.05, 0.1) is 0 Å². The minimum atomic E-state index is -0.0372. The van der Waals surface area contributed by atoms with E-state index in [1.807, 2.05) is 36.4 Å². The highest BCUT2D eigenvalue weighted by Gasteiger charge is 2.06. The zero-order valence-corrected chi connectivity index (χ0v) is 18.3. The number of guanidine groups is 1. The minimum Gasteiger partial charge on any atom is -0.356 e. The molecule has 0 aliphatic heterocycles. The number of carbonyl (C=O) groups is 1. The van der Waals surface area contributed by atoms with Crippen molar-refractivity contribution in [1.82, 2.24) is 16.0 Å². The van der Waals surface area contributed by atoms with Crippen molar-refractivity contribution in [2.75, 3.05) is 26.7 Å². The highest BCUT2D eigenvalue weighted by atomic mass is 127. The number of aliphatic imine (C=N–C) groups is 1. The van der Waals surface area contributed by atoms with E-state index in [2.05, 4.69) is 52.1 Å². The first kappa shape index (κ1) is 23.0. The van der Waals surface area contributed by atoms with Gasteiger partial charge in [-0.15, -0.1) is 24.0 Å². The Bertz CT molecular complexity index is 692. The van der Waals surface area contributed by atoms with E-state index in [9.17, 15) is 4.79 Å².